The first-order valence-corrected chi connectivity index (χ1v) is 11.0. The van der Waals surface area contributed by atoms with E-state index in [1.54, 1.807) is 11.3 Å². The van der Waals surface area contributed by atoms with Gasteiger partial charge in [-0.1, -0.05) is 47.7 Å². The summed E-state index contributed by atoms with van der Waals surface area (Å²) in [4.78, 5) is 22.4. The molecule has 0 bridgehead atoms. The number of nitrogens with one attached hydrogen (secondary N) is 1. The van der Waals surface area contributed by atoms with Gasteiger partial charge in [0.1, 0.15) is 16.5 Å². The number of nitrogens with zero attached hydrogens (tertiary/aromatic N) is 4. The van der Waals surface area contributed by atoms with E-state index in [0.29, 0.717) is 23.5 Å². The van der Waals surface area contributed by atoms with Crippen molar-refractivity contribution in [3.63, 3.8) is 0 Å². The van der Waals surface area contributed by atoms with Gasteiger partial charge in [-0.05, 0) is 26.3 Å². The smallest absolute Gasteiger partial charge is 0.260 e. The molecule has 148 valence electrons. The number of aromatic nitrogens is 5. The first kappa shape index (κ1) is 19.6. The zero-order chi connectivity index (χ0) is 20.5. The van der Waals surface area contributed by atoms with E-state index in [-0.39, 0.29) is 5.56 Å². The maximum absolute atomic E-state index is 12.9. The lowest BCUT2D eigenvalue weighted by Gasteiger charge is -2.05. The number of hydrogen-bond donors (Lipinski definition) is 1. The third-order valence-electron chi connectivity index (χ3n) is 4.68. The molecule has 3 heterocycles. The molecule has 29 heavy (non-hydrogen) atoms. The van der Waals surface area contributed by atoms with Crippen LogP contribution in [0.15, 0.2) is 46.9 Å². The molecule has 0 fully saturated rings. The third-order valence-corrected chi connectivity index (χ3v) is 6.66. The van der Waals surface area contributed by atoms with Gasteiger partial charge in [-0.2, -0.15) is 0 Å². The van der Waals surface area contributed by atoms with E-state index in [1.165, 1.54) is 17.3 Å². The van der Waals surface area contributed by atoms with Crippen molar-refractivity contribution in [2.45, 2.75) is 38.2 Å². The molecule has 8 heteroatoms. The average Bonchev–Trinajstić information content (AvgIpc) is 3.21. The van der Waals surface area contributed by atoms with Crippen LogP contribution in [0.2, 0.25) is 0 Å². The van der Waals surface area contributed by atoms with E-state index in [9.17, 15) is 4.79 Å². The van der Waals surface area contributed by atoms with Gasteiger partial charge in [-0.25, -0.2) is 4.98 Å². The molecule has 0 atom stereocenters. The van der Waals surface area contributed by atoms with Crippen LogP contribution in [0.4, 0.5) is 0 Å². The fourth-order valence-corrected chi connectivity index (χ4v) is 5.17. The summed E-state index contributed by atoms with van der Waals surface area (Å²) in [5, 5.41) is 9.78. The number of hydrogen-bond acceptors (Lipinski definition) is 6. The van der Waals surface area contributed by atoms with Crippen LogP contribution in [-0.4, -0.2) is 24.7 Å². The number of aryl methyl sites for hydroxylation is 3. The van der Waals surface area contributed by atoms with Crippen LogP contribution in [0, 0.1) is 20.8 Å². The Morgan fingerprint density at radius 3 is 2.69 bits per heavy atom. The van der Waals surface area contributed by atoms with Crippen molar-refractivity contribution < 1.29 is 0 Å². The van der Waals surface area contributed by atoms with Crippen LogP contribution in [0.25, 0.3) is 21.3 Å². The lowest BCUT2D eigenvalue weighted by Crippen LogP contribution is -2.11. The van der Waals surface area contributed by atoms with Crippen LogP contribution in [-0.2, 0) is 12.3 Å². The van der Waals surface area contributed by atoms with Crippen LogP contribution < -0.4 is 5.56 Å². The van der Waals surface area contributed by atoms with Crippen LogP contribution in [0.5, 0.6) is 0 Å². The van der Waals surface area contributed by atoms with Gasteiger partial charge in [0.25, 0.3) is 5.56 Å². The second kappa shape index (κ2) is 7.96. The fraction of sp³-hybridized carbons (Fsp3) is 0.238. The van der Waals surface area contributed by atoms with Gasteiger partial charge in [0, 0.05) is 17.0 Å². The van der Waals surface area contributed by atoms with Gasteiger partial charge in [0.15, 0.2) is 5.16 Å². The van der Waals surface area contributed by atoms with Gasteiger partial charge in [0.05, 0.1) is 11.1 Å². The van der Waals surface area contributed by atoms with E-state index in [0.717, 1.165) is 31.8 Å². The van der Waals surface area contributed by atoms with Gasteiger partial charge < -0.3 is 9.55 Å². The predicted molar refractivity (Wildman–Crippen MR) is 120 cm³/mol. The van der Waals surface area contributed by atoms with Crippen LogP contribution >= 0.6 is 23.1 Å². The highest BCUT2D eigenvalue weighted by Gasteiger charge is 2.17. The highest BCUT2D eigenvalue weighted by molar-refractivity contribution is 7.98. The van der Waals surface area contributed by atoms with Gasteiger partial charge in [-0.3, -0.25) is 4.79 Å². The number of H-pyrrole nitrogens is 1. The van der Waals surface area contributed by atoms with Crippen molar-refractivity contribution in [3.8, 4) is 11.1 Å². The summed E-state index contributed by atoms with van der Waals surface area (Å²) in [6, 6.07) is 8.24. The summed E-state index contributed by atoms with van der Waals surface area (Å²) >= 11 is 3.06. The molecule has 0 amide bonds. The Bertz CT molecular complexity index is 1250. The largest absolute Gasteiger partial charge is 0.309 e. The maximum Gasteiger partial charge on any atom is 0.260 e. The molecular formula is C21H21N5OS2. The summed E-state index contributed by atoms with van der Waals surface area (Å²) in [5.74, 6) is 1.98. The Morgan fingerprint density at radius 1 is 1.21 bits per heavy atom. The Hall–Kier alpha value is -2.71. The van der Waals surface area contributed by atoms with E-state index in [1.807, 2.05) is 24.5 Å². The Morgan fingerprint density at radius 2 is 1.97 bits per heavy atom. The molecule has 0 saturated carbocycles. The molecule has 0 unspecified atom stereocenters. The van der Waals surface area contributed by atoms with E-state index in [4.69, 9.17) is 4.98 Å². The molecule has 0 spiro atoms. The summed E-state index contributed by atoms with van der Waals surface area (Å²) in [5.41, 5.74) is 3.10. The van der Waals surface area contributed by atoms with Crippen molar-refractivity contribution >= 4 is 33.3 Å². The third kappa shape index (κ3) is 3.77. The maximum atomic E-state index is 12.9. The van der Waals surface area contributed by atoms with Crippen LogP contribution in [0.3, 0.4) is 0 Å². The molecule has 3 aromatic heterocycles. The SMILES string of the molecule is C=CCn1c(C)nnc1SCc1nc2sc(C)c(-c3ccc(C)cc3)c2c(=O)[nH]1. The second-order valence-corrected chi connectivity index (χ2v) is 8.96. The molecule has 4 aromatic rings. The second-order valence-electron chi connectivity index (χ2n) is 6.81. The topological polar surface area (TPSA) is 76.5 Å². The summed E-state index contributed by atoms with van der Waals surface area (Å²) in [6.45, 7) is 10.4. The predicted octanol–water partition coefficient (Wildman–Crippen LogP) is 4.65. The summed E-state index contributed by atoms with van der Waals surface area (Å²) in [7, 11) is 0. The number of aromatic amines is 1. The fourth-order valence-electron chi connectivity index (χ4n) is 3.24. The zero-order valence-electron chi connectivity index (χ0n) is 16.5. The normalized spacial score (nSPS) is 11.3. The molecule has 4 rings (SSSR count). The number of fused-ring (bicyclic) bond motifs is 1. The van der Waals surface area contributed by atoms with Gasteiger partial charge >= 0.3 is 0 Å². The highest BCUT2D eigenvalue weighted by Crippen LogP contribution is 2.35. The van der Waals surface area contributed by atoms with Crippen molar-refractivity contribution in [2.75, 3.05) is 0 Å². The Balaban J connectivity index is 1.68. The minimum atomic E-state index is -0.103. The Kier molecular flexibility index (Phi) is 5.38. The quantitative estimate of drug-likeness (QED) is 0.361. The van der Waals surface area contributed by atoms with Crippen molar-refractivity contribution in [3.05, 3.63) is 69.4 Å². The Labute approximate surface area is 176 Å². The van der Waals surface area contributed by atoms with Gasteiger partial charge in [0.2, 0.25) is 0 Å². The standard InChI is InChI=1S/C21H21N5OS2/c1-5-10-26-14(4)24-25-21(26)28-11-16-22-19(27)18-17(13(3)29-20(18)23-16)15-8-6-12(2)7-9-15/h5-9H,1,10-11H2,2-4H3,(H,22,23,27). The average molecular weight is 424 g/mol. The monoisotopic (exact) mass is 423 g/mol. The van der Waals surface area contributed by atoms with E-state index < -0.39 is 0 Å². The first-order valence-electron chi connectivity index (χ1n) is 9.20. The molecule has 1 aromatic carbocycles. The number of thiophene rings is 1. The number of benzene rings is 1. The van der Waals surface area contributed by atoms with Crippen molar-refractivity contribution in [2.24, 2.45) is 0 Å². The molecule has 0 aliphatic heterocycles. The van der Waals surface area contributed by atoms with E-state index in [2.05, 4.69) is 52.9 Å². The lowest BCUT2D eigenvalue weighted by molar-refractivity contribution is 0.703. The van der Waals surface area contributed by atoms with Crippen molar-refractivity contribution in [1.29, 1.82) is 0 Å². The zero-order valence-corrected chi connectivity index (χ0v) is 18.2. The van der Waals surface area contributed by atoms with Crippen molar-refractivity contribution in [1.82, 2.24) is 24.7 Å². The lowest BCUT2D eigenvalue weighted by atomic mass is 10.0. The minimum absolute atomic E-state index is 0.103. The van der Waals surface area contributed by atoms with Crippen LogP contribution in [0.1, 0.15) is 22.1 Å². The molecule has 0 aliphatic rings. The number of thioether (sulfide) groups is 1. The molecule has 1 N–H and O–H groups in total. The van der Waals surface area contributed by atoms with E-state index >= 15 is 0 Å². The molecular weight excluding hydrogens is 402 g/mol. The molecule has 0 aliphatic carbocycles. The van der Waals surface area contributed by atoms with Gasteiger partial charge in [-0.15, -0.1) is 28.1 Å². The molecule has 0 radical (unpaired) electrons. The first-order chi connectivity index (χ1) is 14.0. The summed E-state index contributed by atoms with van der Waals surface area (Å²) in [6.07, 6.45) is 1.81. The number of rotatable bonds is 6. The number of allylic oxidation sites excluding steroid dienone is 1. The summed E-state index contributed by atoms with van der Waals surface area (Å²) < 4.78 is 1.99. The molecule has 6 nitrogen and oxygen atoms in total. The highest BCUT2D eigenvalue weighted by atomic mass is 32.2. The minimum Gasteiger partial charge on any atom is -0.309 e. The molecule has 0 saturated heterocycles.